The molecule has 0 fully saturated rings. The Balaban J connectivity index is 1.03. The maximum absolute atomic E-state index is 2.39. The number of fused-ring (bicyclic) bond motifs is 4. The van der Waals surface area contributed by atoms with Crippen molar-refractivity contribution in [3.8, 4) is 55.6 Å². The smallest absolute Gasteiger partial charge is 0.0159 e. The first-order valence-corrected chi connectivity index (χ1v) is 15.1. The predicted octanol–water partition coefficient (Wildman–Crippen LogP) is 11.8. The second kappa shape index (κ2) is 9.96. The Kier molecular flexibility index (Phi) is 5.91. The highest BCUT2D eigenvalue weighted by atomic mass is 14.4. The maximum atomic E-state index is 2.39. The minimum Gasteiger partial charge on any atom is -0.0619 e. The van der Waals surface area contributed by atoms with Gasteiger partial charge in [-0.05, 0) is 83.6 Å². The average Bonchev–Trinajstić information content (AvgIpc) is 3.30. The van der Waals surface area contributed by atoms with E-state index in [0.29, 0.717) is 0 Å². The lowest BCUT2D eigenvalue weighted by atomic mass is 9.81. The van der Waals surface area contributed by atoms with E-state index in [1.165, 1.54) is 77.5 Å². The highest BCUT2D eigenvalue weighted by Gasteiger charge is 2.35. The van der Waals surface area contributed by atoms with E-state index in [1.807, 2.05) is 0 Å². The molecule has 8 rings (SSSR count). The van der Waals surface area contributed by atoms with Crippen LogP contribution in [0.2, 0.25) is 0 Å². The van der Waals surface area contributed by atoms with Crippen LogP contribution in [0.15, 0.2) is 158 Å². The van der Waals surface area contributed by atoms with E-state index in [-0.39, 0.29) is 5.41 Å². The van der Waals surface area contributed by atoms with Crippen molar-refractivity contribution in [1.82, 2.24) is 0 Å². The van der Waals surface area contributed by atoms with Crippen molar-refractivity contribution in [2.75, 3.05) is 0 Å². The molecule has 0 unspecified atom stereocenters. The molecule has 0 radical (unpaired) electrons. The molecule has 0 aliphatic heterocycles. The van der Waals surface area contributed by atoms with Gasteiger partial charge in [0.1, 0.15) is 0 Å². The van der Waals surface area contributed by atoms with E-state index < -0.39 is 0 Å². The Morgan fingerprint density at radius 3 is 1.42 bits per heavy atom. The van der Waals surface area contributed by atoms with Crippen LogP contribution in [0.5, 0.6) is 0 Å². The summed E-state index contributed by atoms with van der Waals surface area (Å²) in [6.45, 7) is 4.68. The monoisotopic (exact) mass is 548 g/mol. The number of hydrogen-bond donors (Lipinski definition) is 0. The van der Waals surface area contributed by atoms with Crippen LogP contribution in [0, 0.1) is 0 Å². The Labute approximate surface area is 253 Å². The van der Waals surface area contributed by atoms with Crippen LogP contribution < -0.4 is 0 Å². The summed E-state index contributed by atoms with van der Waals surface area (Å²) in [5.74, 6) is 0. The van der Waals surface area contributed by atoms with E-state index in [4.69, 9.17) is 0 Å². The van der Waals surface area contributed by atoms with Gasteiger partial charge in [-0.3, -0.25) is 0 Å². The molecule has 0 heterocycles. The quantitative estimate of drug-likeness (QED) is 0.205. The van der Waals surface area contributed by atoms with Crippen molar-refractivity contribution in [3.63, 3.8) is 0 Å². The van der Waals surface area contributed by atoms with Crippen molar-refractivity contribution in [1.29, 1.82) is 0 Å². The largest absolute Gasteiger partial charge is 0.0619 e. The molecular formula is C43H32. The van der Waals surface area contributed by atoms with Gasteiger partial charge < -0.3 is 0 Å². The van der Waals surface area contributed by atoms with Crippen molar-refractivity contribution in [2.24, 2.45) is 0 Å². The fourth-order valence-corrected chi connectivity index (χ4v) is 6.91. The third-order valence-corrected chi connectivity index (χ3v) is 9.34. The minimum atomic E-state index is 0.0138. The van der Waals surface area contributed by atoms with Gasteiger partial charge in [-0.1, -0.05) is 166 Å². The van der Waals surface area contributed by atoms with Crippen LogP contribution in [0.4, 0.5) is 0 Å². The molecule has 0 bridgehead atoms. The van der Waals surface area contributed by atoms with Gasteiger partial charge in [0.25, 0.3) is 0 Å². The molecular weight excluding hydrogens is 516 g/mol. The molecule has 0 nitrogen and oxygen atoms in total. The first-order chi connectivity index (χ1) is 21.1. The first kappa shape index (κ1) is 25.5. The summed E-state index contributed by atoms with van der Waals surface area (Å²) in [5, 5.41) is 2.56. The summed E-state index contributed by atoms with van der Waals surface area (Å²) in [6.07, 6.45) is 0. The molecule has 43 heavy (non-hydrogen) atoms. The first-order valence-electron chi connectivity index (χ1n) is 15.1. The molecule has 0 heteroatoms. The third-order valence-electron chi connectivity index (χ3n) is 9.34. The molecule has 0 atom stereocenters. The lowest BCUT2D eigenvalue weighted by Crippen LogP contribution is -2.14. The zero-order chi connectivity index (χ0) is 29.0. The van der Waals surface area contributed by atoms with E-state index in [1.54, 1.807) is 0 Å². The summed E-state index contributed by atoms with van der Waals surface area (Å²) in [6, 6.07) is 57.8. The zero-order valence-electron chi connectivity index (χ0n) is 24.5. The number of hydrogen-bond acceptors (Lipinski definition) is 0. The van der Waals surface area contributed by atoms with Crippen molar-refractivity contribution in [2.45, 2.75) is 19.3 Å². The predicted molar refractivity (Wildman–Crippen MR) is 183 cm³/mol. The normalized spacial score (nSPS) is 13.1. The standard InChI is InChI=1S/C43H32/c1-43(2)41-13-6-5-11-39(41)40-27-26-36(28-42(40)43)33-20-18-31(19-21-33)29-14-16-30(17-15-29)32-22-24-35(25-23-32)38-12-7-9-34-8-3-4-10-37(34)38/h3-28H,1-2H3. The molecule has 0 N–H and O–H groups in total. The topological polar surface area (TPSA) is 0 Å². The minimum absolute atomic E-state index is 0.0138. The molecule has 0 saturated carbocycles. The molecule has 0 aromatic heterocycles. The second-order valence-electron chi connectivity index (χ2n) is 12.2. The van der Waals surface area contributed by atoms with E-state index in [9.17, 15) is 0 Å². The number of rotatable bonds is 4. The van der Waals surface area contributed by atoms with Crippen molar-refractivity contribution in [3.05, 3.63) is 169 Å². The van der Waals surface area contributed by atoms with E-state index in [2.05, 4.69) is 172 Å². The van der Waals surface area contributed by atoms with Crippen LogP contribution in [0.3, 0.4) is 0 Å². The maximum Gasteiger partial charge on any atom is 0.0159 e. The molecule has 7 aromatic carbocycles. The van der Waals surface area contributed by atoms with Gasteiger partial charge in [0, 0.05) is 5.41 Å². The molecule has 0 saturated heterocycles. The highest BCUT2D eigenvalue weighted by Crippen LogP contribution is 2.49. The van der Waals surface area contributed by atoms with Gasteiger partial charge in [-0.25, -0.2) is 0 Å². The van der Waals surface area contributed by atoms with Crippen LogP contribution >= 0.6 is 0 Å². The molecule has 0 amide bonds. The summed E-state index contributed by atoms with van der Waals surface area (Å²) in [5.41, 5.74) is 15.5. The molecule has 0 spiro atoms. The van der Waals surface area contributed by atoms with Crippen LogP contribution in [0.25, 0.3) is 66.4 Å². The lowest BCUT2D eigenvalue weighted by molar-refractivity contribution is 0.660. The molecule has 204 valence electrons. The Morgan fingerprint density at radius 1 is 0.326 bits per heavy atom. The summed E-state index contributed by atoms with van der Waals surface area (Å²) >= 11 is 0. The Morgan fingerprint density at radius 2 is 0.767 bits per heavy atom. The fourth-order valence-electron chi connectivity index (χ4n) is 6.91. The Bertz CT molecular complexity index is 2100. The van der Waals surface area contributed by atoms with E-state index >= 15 is 0 Å². The Hall–Kier alpha value is -5.20. The van der Waals surface area contributed by atoms with Gasteiger partial charge >= 0.3 is 0 Å². The zero-order valence-corrected chi connectivity index (χ0v) is 24.5. The van der Waals surface area contributed by atoms with Gasteiger partial charge in [-0.15, -0.1) is 0 Å². The molecule has 1 aliphatic rings. The molecule has 7 aromatic rings. The van der Waals surface area contributed by atoms with Crippen LogP contribution in [0.1, 0.15) is 25.0 Å². The number of benzene rings is 7. The summed E-state index contributed by atoms with van der Waals surface area (Å²) in [4.78, 5) is 0. The molecule has 1 aliphatic carbocycles. The van der Waals surface area contributed by atoms with Crippen molar-refractivity contribution < 1.29 is 0 Å². The SMILES string of the molecule is CC1(C)c2ccccc2-c2ccc(-c3ccc(-c4ccc(-c5ccc(-c6cccc7ccccc67)cc5)cc4)cc3)cc21. The van der Waals surface area contributed by atoms with E-state index in [0.717, 1.165) is 0 Å². The van der Waals surface area contributed by atoms with Gasteiger partial charge in [0.05, 0.1) is 0 Å². The van der Waals surface area contributed by atoms with Gasteiger partial charge in [0.15, 0.2) is 0 Å². The van der Waals surface area contributed by atoms with Crippen molar-refractivity contribution >= 4 is 10.8 Å². The lowest BCUT2D eigenvalue weighted by Gasteiger charge is -2.22. The van der Waals surface area contributed by atoms with Gasteiger partial charge in [0.2, 0.25) is 0 Å². The highest BCUT2D eigenvalue weighted by molar-refractivity contribution is 5.97. The van der Waals surface area contributed by atoms with Crippen LogP contribution in [-0.4, -0.2) is 0 Å². The fraction of sp³-hybridized carbons (Fsp3) is 0.0698. The summed E-state index contributed by atoms with van der Waals surface area (Å²) < 4.78 is 0. The second-order valence-corrected chi connectivity index (χ2v) is 12.2. The third kappa shape index (κ3) is 4.30. The van der Waals surface area contributed by atoms with Crippen LogP contribution in [-0.2, 0) is 5.41 Å². The average molecular weight is 549 g/mol. The van der Waals surface area contributed by atoms with Gasteiger partial charge in [-0.2, -0.15) is 0 Å². The summed E-state index contributed by atoms with van der Waals surface area (Å²) in [7, 11) is 0.